The van der Waals surface area contributed by atoms with E-state index in [4.69, 9.17) is 18.0 Å². The molecule has 1 fully saturated rings. The second-order valence-electron chi connectivity index (χ2n) is 5.33. The van der Waals surface area contributed by atoms with E-state index in [0.717, 1.165) is 25.3 Å². The number of hydrogen-bond donors (Lipinski definition) is 1. The number of nitrogens with two attached hydrogens (primary N) is 1. The van der Waals surface area contributed by atoms with Gasteiger partial charge in [-0.2, -0.15) is 13.2 Å². The van der Waals surface area contributed by atoms with Crippen molar-refractivity contribution in [1.29, 1.82) is 0 Å². The molecule has 1 aromatic heterocycles. The predicted molar refractivity (Wildman–Crippen MR) is 80.4 cm³/mol. The molecule has 1 aliphatic rings. The summed E-state index contributed by atoms with van der Waals surface area (Å²) in [6.45, 7) is 4.00. The first kappa shape index (κ1) is 16.0. The van der Waals surface area contributed by atoms with Crippen LogP contribution < -0.4 is 10.6 Å². The molecule has 0 radical (unpaired) electrons. The molecule has 0 bridgehead atoms. The summed E-state index contributed by atoms with van der Waals surface area (Å²) in [6.07, 6.45) is -1.77. The van der Waals surface area contributed by atoms with Gasteiger partial charge in [0.1, 0.15) is 16.5 Å². The lowest BCUT2D eigenvalue weighted by molar-refractivity contribution is -0.141. The van der Waals surface area contributed by atoms with Gasteiger partial charge in [0.15, 0.2) is 0 Å². The Morgan fingerprint density at radius 3 is 2.62 bits per heavy atom. The molecule has 0 amide bonds. The number of aromatic nitrogens is 1. The maximum Gasteiger partial charge on any atom is 0.433 e. The first-order valence-electron chi connectivity index (χ1n) is 6.92. The van der Waals surface area contributed by atoms with Crippen LogP contribution in [0.2, 0.25) is 0 Å². The van der Waals surface area contributed by atoms with Gasteiger partial charge in [0.2, 0.25) is 0 Å². The lowest BCUT2D eigenvalue weighted by Crippen LogP contribution is -2.37. The average Bonchev–Trinajstić information content (AvgIpc) is 2.77. The van der Waals surface area contributed by atoms with Crippen molar-refractivity contribution in [3.05, 3.63) is 23.4 Å². The van der Waals surface area contributed by atoms with Crippen LogP contribution in [0.25, 0.3) is 0 Å². The molecule has 2 heterocycles. The van der Waals surface area contributed by atoms with E-state index in [1.165, 1.54) is 6.07 Å². The van der Waals surface area contributed by atoms with E-state index < -0.39 is 11.9 Å². The van der Waals surface area contributed by atoms with E-state index in [1.807, 2.05) is 18.7 Å². The molecule has 7 heteroatoms. The molecule has 1 aliphatic heterocycles. The van der Waals surface area contributed by atoms with E-state index in [0.29, 0.717) is 5.56 Å². The second kappa shape index (κ2) is 5.79. The molecule has 1 saturated heterocycles. The Labute approximate surface area is 127 Å². The van der Waals surface area contributed by atoms with Crippen LogP contribution >= 0.6 is 12.2 Å². The summed E-state index contributed by atoms with van der Waals surface area (Å²) in [5, 5.41) is 0. The van der Waals surface area contributed by atoms with Crippen LogP contribution in [0.1, 0.15) is 44.4 Å². The Morgan fingerprint density at radius 2 is 2.10 bits per heavy atom. The smallest absolute Gasteiger partial charge is 0.389 e. The van der Waals surface area contributed by atoms with Crippen LogP contribution in [0.4, 0.5) is 19.0 Å². The number of nitrogens with zero attached hydrogens (tertiary/aromatic N) is 2. The zero-order valence-corrected chi connectivity index (χ0v) is 12.8. The number of thiocarbonyl (C=S) groups is 1. The minimum atomic E-state index is -4.48. The summed E-state index contributed by atoms with van der Waals surface area (Å²) in [7, 11) is 0. The van der Waals surface area contributed by atoms with Gasteiger partial charge in [-0.3, -0.25) is 0 Å². The van der Waals surface area contributed by atoms with Gasteiger partial charge in [0, 0.05) is 12.1 Å². The third kappa shape index (κ3) is 3.12. The minimum Gasteiger partial charge on any atom is -0.389 e. The van der Waals surface area contributed by atoms with Gasteiger partial charge in [0.25, 0.3) is 0 Å². The maximum atomic E-state index is 12.9. The van der Waals surface area contributed by atoms with Crippen molar-refractivity contribution in [1.82, 2.24) is 4.98 Å². The summed E-state index contributed by atoms with van der Waals surface area (Å²) >= 11 is 4.97. The van der Waals surface area contributed by atoms with E-state index in [9.17, 15) is 13.2 Å². The van der Waals surface area contributed by atoms with Crippen molar-refractivity contribution in [3.63, 3.8) is 0 Å². The molecule has 0 aromatic carbocycles. The first-order chi connectivity index (χ1) is 9.75. The van der Waals surface area contributed by atoms with Crippen LogP contribution in [-0.2, 0) is 6.18 Å². The molecule has 2 unspecified atom stereocenters. The molecular formula is C14H18F3N3S. The normalized spacial score (nSPS) is 22.6. The van der Waals surface area contributed by atoms with Gasteiger partial charge in [0.05, 0.1) is 5.56 Å². The Hall–Kier alpha value is -1.37. The van der Waals surface area contributed by atoms with E-state index >= 15 is 0 Å². The lowest BCUT2D eigenvalue weighted by Gasteiger charge is -2.31. The second-order valence-corrected chi connectivity index (χ2v) is 5.77. The fraction of sp³-hybridized carbons (Fsp3) is 0.571. The Kier molecular flexibility index (Phi) is 4.41. The molecule has 3 nitrogen and oxygen atoms in total. The fourth-order valence-corrected chi connectivity index (χ4v) is 3.01. The zero-order valence-electron chi connectivity index (χ0n) is 11.9. The standard InChI is InChI=1S/C14H18F3N3S/c1-3-9-5-4-8(2)20(9)13-10(12(18)21)6-7-11(19-13)14(15,16)17/h6-9H,3-5H2,1-2H3,(H2,18,21). The minimum absolute atomic E-state index is 0.0696. The molecule has 1 aromatic rings. The predicted octanol–water partition coefficient (Wildman–Crippen LogP) is 3.50. The van der Waals surface area contributed by atoms with Crippen molar-refractivity contribution in [2.24, 2.45) is 5.73 Å². The number of halogens is 3. The van der Waals surface area contributed by atoms with Crippen LogP contribution in [0, 0.1) is 0 Å². The number of rotatable bonds is 3. The molecule has 116 valence electrons. The van der Waals surface area contributed by atoms with Crippen LogP contribution in [0.3, 0.4) is 0 Å². The van der Waals surface area contributed by atoms with Gasteiger partial charge >= 0.3 is 6.18 Å². The highest BCUT2D eigenvalue weighted by atomic mass is 32.1. The average molecular weight is 317 g/mol. The van der Waals surface area contributed by atoms with Crippen molar-refractivity contribution < 1.29 is 13.2 Å². The highest BCUT2D eigenvalue weighted by molar-refractivity contribution is 7.80. The van der Waals surface area contributed by atoms with Crippen LogP contribution in [0.15, 0.2) is 12.1 Å². The SMILES string of the molecule is CCC1CCC(C)N1c1nc(C(F)(F)F)ccc1C(N)=S. The van der Waals surface area contributed by atoms with Gasteiger partial charge in [-0.05, 0) is 38.3 Å². The molecule has 0 spiro atoms. The first-order valence-corrected chi connectivity index (χ1v) is 7.33. The summed E-state index contributed by atoms with van der Waals surface area (Å²) in [4.78, 5) is 5.83. The lowest BCUT2D eigenvalue weighted by atomic mass is 10.1. The molecule has 2 atom stereocenters. The monoisotopic (exact) mass is 317 g/mol. The number of anilines is 1. The Balaban J connectivity index is 2.55. The largest absolute Gasteiger partial charge is 0.433 e. The number of pyridine rings is 1. The van der Waals surface area contributed by atoms with E-state index in [-0.39, 0.29) is 22.9 Å². The number of alkyl halides is 3. The van der Waals surface area contributed by atoms with Crippen LogP contribution in [-0.4, -0.2) is 22.1 Å². The number of hydrogen-bond acceptors (Lipinski definition) is 3. The molecule has 0 saturated carbocycles. The van der Waals surface area contributed by atoms with Gasteiger partial charge in [-0.15, -0.1) is 0 Å². The van der Waals surface area contributed by atoms with E-state index in [1.54, 1.807) is 0 Å². The van der Waals surface area contributed by atoms with Crippen molar-refractivity contribution in [2.75, 3.05) is 4.90 Å². The molecule has 0 aliphatic carbocycles. The fourth-order valence-electron chi connectivity index (χ4n) is 2.85. The Bertz CT molecular complexity index is 545. The molecule has 2 N–H and O–H groups in total. The van der Waals surface area contributed by atoms with Crippen molar-refractivity contribution in [2.45, 2.75) is 51.4 Å². The topological polar surface area (TPSA) is 42.2 Å². The Morgan fingerprint density at radius 1 is 1.43 bits per heavy atom. The maximum absolute atomic E-state index is 12.9. The summed E-state index contributed by atoms with van der Waals surface area (Å²) in [5.74, 6) is 0.258. The molecular weight excluding hydrogens is 299 g/mol. The van der Waals surface area contributed by atoms with Crippen LogP contribution in [0.5, 0.6) is 0 Å². The van der Waals surface area contributed by atoms with Crippen molar-refractivity contribution in [3.8, 4) is 0 Å². The van der Waals surface area contributed by atoms with Gasteiger partial charge < -0.3 is 10.6 Å². The third-order valence-electron chi connectivity index (χ3n) is 3.93. The third-order valence-corrected chi connectivity index (χ3v) is 4.15. The molecule has 21 heavy (non-hydrogen) atoms. The zero-order chi connectivity index (χ0) is 15.8. The summed E-state index contributed by atoms with van der Waals surface area (Å²) in [6, 6.07) is 2.55. The van der Waals surface area contributed by atoms with Crippen molar-refractivity contribution >= 4 is 23.0 Å². The van der Waals surface area contributed by atoms with Gasteiger partial charge in [-0.1, -0.05) is 19.1 Å². The molecule has 2 rings (SSSR count). The summed E-state index contributed by atoms with van der Waals surface area (Å²) in [5.41, 5.74) is 5.15. The highest BCUT2D eigenvalue weighted by Gasteiger charge is 2.37. The quantitative estimate of drug-likeness (QED) is 0.867. The van der Waals surface area contributed by atoms with E-state index in [2.05, 4.69) is 4.98 Å². The summed E-state index contributed by atoms with van der Waals surface area (Å²) < 4.78 is 38.8. The van der Waals surface area contributed by atoms with Gasteiger partial charge in [-0.25, -0.2) is 4.98 Å². The highest BCUT2D eigenvalue weighted by Crippen LogP contribution is 2.36.